The molecule has 29 heavy (non-hydrogen) atoms. The first kappa shape index (κ1) is 20.1. The first-order valence-corrected chi connectivity index (χ1v) is 11.0. The topological polar surface area (TPSA) is 41.6 Å². The molecule has 1 N–H and O–H groups in total. The van der Waals surface area contributed by atoms with E-state index in [0.29, 0.717) is 10.6 Å². The lowest BCUT2D eigenvalue weighted by Crippen LogP contribution is -2.35. The predicted octanol–water partition coefficient (Wildman–Crippen LogP) is 4.75. The lowest BCUT2D eigenvalue weighted by molar-refractivity contribution is 0.0342. The number of carbonyl (C=O) groups is 1. The summed E-state index contributed by atoms with van der Waals surface area (Å²) in [7, 11) is 0. The van der Waals surface area contributed by atoms with Gasteiger partial charge in [0.15, 0.2) is 0 Å². The Hall–Kier alpha value is -2.18. The zero-order valence-electron chi connectivity index (χ0n) is 16.0. The molecule has 0 aliphatic carbocycles. The van der Waals surface area contributed by atoms with E-state index in [1.54, 1.807) is 11.3 Å². The number of nitrogens with zero attached hydrogens (tertiary/aromatic N) is 1. The largest absolute Gasteiger partial charge is 0.379 e. The van der Waals surface area contributed by atoms with Crippen LogP contribution in [-0.4, -0.2) is 37.1 Å². The van der Waals surface area contributed by atoms with E-state index in [1.165, 1.54) is 0 Å². The Bertz CT molecular complexity index is 938. The second-order valence-electron chi connectivity index (χ2n) is 7.10. The first-order chi connectivity index (χ1) is 14.2. The van der Waals surface area contributed by atoms with Crippen LogP contribution in [0.15, 0.2) is 65.4 Å². The minimum atomic E-state index is -0.214. The van der Waals surface area contributed by atoms with E-state index < -0.39 is 0 Å². The van der Waals surface area contributed by atoms with Crippen molar-refractivity contribution < 1.29 is 9.53 Å². The number of ether oxygens (including phenoxy) is 1. The SMILES string of the molecule is O=C(NC(c1ccc(Cl)cc1)c1ccsc1)c1cccc(CN2CCOCC2)c1. The van der Waals surface area contributed by atoms with Crippen molar-refractivity contribution in [3.8, 4) is 0 Å². The molecule has 1 amide bonds. The fraction of sp³-hybridized carbons (Fsp3) is 0.261. The van der Waals surface area contributed by atoms with Crippen molar-refractivity contribution in [3.05, 3.63) is 92.6 Å². The summed E-state index contributed by atoms with van der Waals surface area (Å²) < 4.78 is 5.41. The van der Waals surface area contributed by atoms with E-state index in [4.69, 9.17) is 16.3 Å². The van der Waals surface area contributed by atoms with Crippen molar-refractivity contribution in [2.75, 3.05) is 26.3 Å². The standard InChI is InChI=1S/C23H23ClN2O2S/c24-21-6-4-18(5-7-21)22(20-8-13-29-16-20)25-23(27)19-3-1-2-17(14-19)15-26-9-11-28-12-10-26/h1-8,13-14,16,22H,9-12,15H2,(H,25,27). The fourth-order valence-corrected chi connectivity index (χ4v) is 4.31. The number of thiophene rings is 1. The van der Waals surface area contributed by atoms with Gasteiger partial charge in [0.2, 0.25) is 0 Å². The molecule has 4 nitrogen and oxygen atoms in total. The van der Waals surface area contributed by atoms with Gasteiger partial charge in [0.1, 0.15) is 0 Å². The van der Waals surface area contributed by atoms with E-state index in [1.807, 2.05) is 53.9 Å². The van der Waals surface area contributed by atoms with E-state index >= 15 is 0 Å². The summed E-state index contributed by atoms with van der Waals surface area (Å²) >= 11 is 7.66. The minimum absolute atomic E-state index is 0.0834. The van der Waals surface area contributed by atoms with Gasteiger partial charge in [-0.1, -0.05) is 35.9 Å². The Morgan fingerprint density at radius 2 is 1.90 bits per heavy atom. The maximum atomic E-state index is 13.1. The maximum absolute atomic E-state index is 13.1. The van der Waals surface area contributed by atoms with Gasteiger partial charge in [-0.15, -0.1) is 0 Å². The van der Waals surface area contributed by atoms with Crippen molar-refractivity contribution in [3.63, 3.8) is 0 Å². The smallest absolute Gasteiger partial charge is 0.252 e. The molecular weight excluding hydrogens is 404 g/mol. The highest BCUT2D eigenvalue weighted by Gasteiger charge is 2.19. The summed E-state index contributed by atoms with van der Waals surface area (Å²) in [5, 5.41) is 7.96. The van der Waals surface area contributed by atoms with Crippen molar-refractivity contribution >= 4 is 28.8 Å². The third-order valence-corrected chi connectivity index (χ3v) is 6.01. The van der Waals surface area contributed by atoms with E-state index in [9.17, 15) is 4.79 Å². The van der Waals surface area contributed by atoms with Gasteiger partial charge in [0.25, 0.3) is 5.91 Å². The number of hydrogen-bond acceptors (Lipinski definition) is 4. The monoisotopic (exact) mass is 426 g/mol. The summed E-state index contributed by atoms with van der Waals surface area (Å²) in [6.45, 7) is 4.21. The Labute approximate surface area is 180 Å². The summed E-state index contributed by atoms with van der Waals surface area (Å²) in [4.78, 5) is 15.4. The van der Waals surface area contributed by atoms with Crippen molar-refractivity contribution in [1.82, 2.24) is 10.2 Å². The Balaban J connectivity index is 1.51. The van der Waals surface area contributed by atoms with Gasteiger partial charge in [-0.3, -0.25) is 9.69 Å². The van der Waals surface area contributed by atoms with Crippen molar-refractivity contribution in [1.29, 1.82) is 0 Å². The molecule has 1 atom stereocenters. The molecule has 1 fully saturated rings. The van der Waals surface area contributed by atoms with Crippen LogP contribution >= 0.6 is 22.9 Å². The van der Waals surface area contributed by atoms with Crippen LogP contribution in [0.25, 0.3) is 0 Å². The Morgan fingerprint density at radius 1 is 1.10 bits per heavy atom. The summed E-state index contributed by atoms with van der Waals surface area (Å²) in [6.07, 6.45) is 0. The number of benzene rings is 2. The van der Waals surface area contributed by atoms with Gasteiger partial charge in [-0.05, 0) is 57.8 Å². The van der Waals surface area contributed by atoms with Crippen LogP contribution < -0.4 is 5.32 Å². The highest BCUT2D eigenvalue weighted by molar-refractivity contribution is 7.08. The second-order valence-corrected chi connectivity index (χ2v) is 8.32. The number of carbonyl (C=O) groups excluding carboxylic acids is 1. The van der Waals surface area contributed by atoms with Gasteiger partial charge < -0.3 is 10.1 Å². The summed E-state index contributed by atoms with van der Waals surface area (Å²) in [5.41, 5.74) is 3.88. The maximum Gasteiger partial charge on any atom is 0.252 e. The quantitative estimate of drug-likeness (QED) is 0.618. The number of halogens is 1. The van der Waals surface area contributed by atoms with E-state index in [0.717, 1.165) is 49.5 Å². The highest BCUT2D eigenvalue weighted by atomic mass is 35.5. The van der Waals surface area contributed by atoms with E-state index in [2.05, 4.69) is 21.7 Å². The van der Waals surface area contributed by atoms with Crippen LogP contribution in [0.1, 0.15) is 33.1 Å². The van der Waals surface area contributed by atoms with Crippen LogP contribution in [0.4, 0.5) is 0 Å². The highest BCUT2D eigenvalue weighted by Crippen LogP contribution is 2.26. The lowest BCUT2D eigenvalue weighted by Gasteiger charge is -2.26. The molecule has 1 aliphatic rings. The molecule has 0 saturated carbocycles. The van der Waals surface area contributed by atoms with Crippen LogP contribution in [0.2, 0.25) is 5.02 Å². The molecule has 1 aromatic heterocycles. The minimum Gasteiger partial charge on any atom is -0.379 e. The number of rotatable bonds is 6. The molecule has 2 heterocycles. The average molecular weight is 427 g/mol. The molecule has 1 aliphatic heterocycles. The zero-order chi connectivity index (χ0) is 20.1. The molecule has 0 radical (unpaired) electrons. The van der Waals surface area contributed by atoms with Gasteiger partial charge >= 0.3 is 0 Å². The zero-order valence-corrected chi connectivity index (χ0v) is 17.6. The average Bonchev–Trinajstić information content (AvgIpc) is 3.28. The Morgan fingerprint density at radius 3 is 2.62 bits per heavy atom. The lowest BCUT2D eigenvalue weighted by atomic mass is 10.0. The Kier molecular flexibility index (Phi) is 6.62. The third-order valence-electron chi connectivity index (χ3n) is 5.05. The number of nitrogens with one attached hydrogen (secondary N) is 1. The molecule has 0 bridgehead atoms. The van der Waals surface area contributed by atoms with E-state index in [-0.39, 0.29) is 11.9 Å². The van der Waals surface area contributed by atoms with Gasteiger partial charge in [0, 0.05) is 30.2 Å². The number of amides is 1. The van der Waals surface area contributed by atoms with Crippen LogP contribution in [0.3, 0.4) is 0 Å². The van der Waals surface area contributed by atoms with Crippen molar-refractivity contribution in [2.45, 2.75) is 12.6 Å². The summed E-state index contributed by atoms with van der Waals surface area (Å²) in [6, 6.07) is 17.3. The molecule has 4 rings (SSSR count). The fourth-order valence-electron chi connectivity index (χ4n) is 3.50. The normalized spacial score (nSPS) is 15.8. The van der Waals surface area contributed by atoms with Crippen LogP contribution in [0.5, 0.6) is 0 Å². The summed E-state index contributed by atoms with van der Waals surface area (Å²) in [5.74, 6) is -0.0834. The predicted molar refractivity (Wildman–Crippen MR) is 118 cm³/mol. The number of hydrogen-bond donors (Lipinski definition) is 1. The van der Waals surface area contributed by atoms with Gasteiger partial charge in [-0.2, -0.15) is 11.3 Å². The van der Waals surface area contributed by atoms with Gasteiger partial charge in [0.05, 0.1) is 19.3 Å². The molecule has 1 saturated heterocycles. The molecule has 1 unspecified atom stereocenters. The third kappa shape index (κ3) is 5.25. The van der Waals surface area contributed by atoms with Crippen LogP contribution in [-0.2, 0) is 11.3 Å². The molecule has 150 valence electrons. The second kappa shape index (κ2) is 9.55. The number of morpholine rings is 1. The molecule has 6 heteroatoms. The molecule has 3 aromatic rings. The van der Waals surface area contributed by atoms with Crippen LogP contribution in [0, 0.1) is 0 Å². The molecule has 2 aromatic carbocycles. The van der Waals surface area contributed by atoms with Gasteiger partial charge in [-0.25, -0.2) is 0 Å². The molecule has 0 spiro atoms. The van der Waals surface area contributed by atoms with Crippen molar-refractivity contribution in [2.24, 2.45) is 0 Å². The molecular formula is C23H23ClN2O2S. The first-order valence-electron chi connectivity index (χ1n) is 9.66.